The summed E-state index contributed by atoms with van der Waals surface area (Å²) in [5, 5.41) is 0. The number of ether oxygens (including phenoxy) is 2. The lowest BCUT2D eigenvalue weighted by Crippen LogP contribution is -1.96. The maximum absolute atomic E-state index is 11.8. The van der Waals surface area contributed by atoms with Crippen molar-refractivity contribution in [2.24, 2.45) is 0 Å². The van der Waals surface area contributed by atoms with Crippen molar-refractivity contribution in [2.75, 3.05) is 20.5 Å². The zero-order valence-corrected chi connectivity index (χ0v) is 18.8. The van der Waals surface area contributed by atoms with E-state index in [1.54, 1.807) is 38.5 Å². The smallest absolute Gasteiger partial charge is 0.199 e. The molecule has 0 spiro atoms. The molecule has 0 fully saturated rings. The number of methoxy groups -OCH3 is 2. The summed E-state index contributed by atoms with van der Waals surface area (Å²) < 4.78 is 40.7. The Morgan fingerprint density at radius 2 is 1.50 bits per heavy atom. The van der Waals surface area contributed by atoms with Crippen LogP contribution in [0.1, 0.15) is 11.5 Å². The summed E-state index contributed by atoms with van der Waals surface area (Å²) in [6, 6.07) is 22.1. The van der Waals surface area contributed by atoms with E-state index in [1.807, 2.05) is 48.5 Å². The minimum absolute atomic E-state index is 0.252. The molecule has 0 aliphatic heterocycles. The van der Waals surface area contributed by atoms with Crippen LogP contribution in [-0.4, -0.2) is 33.9 Å². The van der Waals surface area contributed by atoms with E-state index in [1.165, 1.54) is 6.26 Å². The second kappa shape index (κ2) is 8.88. The van der Waals surface area contributed by atoms with Gasteiger partial charge in [-0.15, -0.1) is 0 Å². The van der Waals surface area contributed by atoms with Crippen LogP contribution in [0, 0.1) is 0 Å². The second-order valence-electron chi connectivity index (χ2n) is 7.31. The molecule has 0 atom stereocenters. The summed E-state index contributed by atoms with van der Waals surface area (Å²) >= 11 is 0. The van der Waals surface area contributed by atoms with Crippen molar-refractivity contribution in [1.29, 1.82) is 0 Å². The van der Waals surface area contributed by atoms with Gasteiger partial charge in [-0.2, -0.15) is 0 Å². The third-order valence-electron chi connectivity index (χ3n) is 5.07. The van der Waals surface area contributed by atoms with E-state index in [-0.39, 0.29) is 4.90 Å². The molecule has 0 bridgehead atoms. The van der Waals surface area contributed by atoms with Gasteiger partial charge in [0, 0.05) is 23.8 Å². The van der Waals surface area contributed by atoms with Crippen LogP contribution in [0.2, 0.25) is 0 Å². The number of nitrogens with zero attached hydrogens (tertiary/aromatic N) is 1. The zero-order chi connectivity index (χ0) is 22.7. The molecule has 0 N–H and O–H groups in total. The Kier molecular flexibility index (Phi) is 6.01. The van der Waals surface area contributed by atoms with Gasteiger partial charge in [-0.25, -0.2) is 13.4 Å². The van der Waals surface area contributed by atoms with Crippen molar-refractivity contribution in [3.8, 4) is 34.1 Å². The largest absolute Gasteiger partial charge is 0.493 e. The van der Waals surface area contributed by atoms with E-state index < -0.39 is 9.84 Å². The Morgan fingerprint density at radius 3 is 2.12 bits per heavy atom. The van der Waals surface area contributed by atoms with Gasteiger partial charge in [0.25, 0.3) is 0 Å². The van der Waals surface area contributed by atoms with Crippen LogP contribution >= 0.6 is 0 Å². The van der Waals surface area contributed by atoms with Gasteiger partial charge < -0.3 is 13.9 Å². The molecule has 7 heteroatoms. The quantitative estimate of drug-likeness (QED) is 0.394. The molecule has 4 aromatic rings. The highest BCUT2D eigenvalue weighted by Gasteiger charge is 2.19. The normalized spacial score (nSPS) is 11.3. The fourth-order valence-corrected chi connectivity index (χ4v) is 4.07. The molecule has 0 saturated carbocycles. The van der Waals surface area contributed by atoms with Gasteiger partial charge in [-0.05, 0) is 35.9 Å². The van der Waals surface area contributed by atoms with Gasteiger partial charge in [0.15, 0.2) is 33.0 Å². The first-order valence-electron chi connectivity index (χ1n) is 9.95. The second-order valence-corrected chi connectivity index (χ2v) is 9.33. The molecule has 4 rings (SSSR count). The molecule has 0 amide bonds. The van der Waals surface area contributed by atoms with Crippen molar-refractivity contribution in [3.63, 3.8) is 0 Å². The Bertz CT molecular complexity index is 1330. The van der Waals surface area contributed by atoms with Gasteiger partial charge in [0.05, 0.1) is 19.1 Å². The molecule has 1 aromatic heterocycles. The molecule has 0 radical (unpaired) electrons. The van der Waals surface area contributed by atoms with Gasteiger partial charge in [-0.1, -0.05) is 42.5 Å². The first kappa shape index (κ1) is 21.6. The number of oxazole rings is 1. The van der Waals surface area contributed by atoms with Crippen molar-refractivity contribution >= 4 is 9.84 Å². The van der Waals surface area contributed by atoms with Gasteiger partial charge in [0.2, 0.25) is 0 Å². The van der Waals surface area contributed by atoms with E-state index in [9.17, 15) is 8.42 Å². The summed E-state index contributed by atoms with van der Waals surface area (Å²) in [5.41, 5.74) is 3.23. The molecule has 3 aromatic carbocycles. The summed E-state index contributed by atoms with van der Waals surface area (Å²) in [4.78, 5) is 5.01. The SMILES string of the molecule is COc1ccc(-c2oc(Cc3ccccc3)nc2-c2ccc(S(C)(=O)=O)cc2)cc1OC. The molecule has 1 heterocycles. The minimum atomic E-state index is -3.29. The van der Waals surface area contributed by atoms with Crippen LogP contribution < -0.4 is 9.47 Å². The maximum Gasteiger partial charge on any atom is 0.199 e. The van der Waals surface area contributed by atoms with Gasteiger partial charge in [0.1, 0.15) is 5.69 Å². The lowest BCUT2D eigenvalue weighted by molar-refractivity contribution is 0.355. The number of hydrogen-bond acceptors (Lipinski definition) is 6. The fraction of sp³-hybridized carbons (Fsp3) is 0.160. The lowest BCUT2D eigenvalue weighted by atomic mass is 10.1. The number of hydrogen-bond donors (Lipinski definition) is 0. The van der Waals surface area contributed by atoms with Crippen molar-refractivity contribution in [1.82, 2.24) is 4.98 Å². The minimum Gasteiger partial charge on any atom is -0.493 e. The van der Waals surface area contributed by atoms with Crippen molar-refractivity contribution in [3.05, 3.63) is 84.3 Å². The van der Waals surface area contributed by atoms with Crippen LogP contribution in [0.4, 0.5) is 0 Å². The predicted molar refractivity (Wildman–Crippen MR) is 123 cm³/mol. The highest BCUT2D eigenvalue weighted by Crippen LogP contribution is 2.38. The molecule has 0 saturated heterocycles. The highest BCUT2D eigenvalue weighted by molar-refractivity contribution is 7.90. The highest BCUT2D eigenvalue weighted by atomic mass is 32.2. The van der Waals surface area contributed by atoms with Crippen LogP contribution in [0.25, 0.3) is 22.6 Å². The molecule has 0 aliphatic rings. The molecule has 32 heavy (non-hydrogen) atoms. The van der Waals surface area contributed by atoms with E-state index >= 15 is 0 Å². The predicted octanol–water partition coefficient (Wildman–Crippen LogP) is 5.02. The third-order valence-corrected chi connectivity index (χ3v) is 6.20. The van der Waals surface area contributed by atoms with Gasteiger partial charge >= 0.3 is 0 Å². The Balaban J connectivity index is 1.82. The number of rotatable bonds is 7. The van der Waals surface area contributed by atoms with Crippen LogP contribution in [0.3, 0.4) is 0 Å². The maximum atomic E-state index is 11.8. The number of benzene rings is 3. The topological polar surface area (TPSA) is 78.6 Å². The van der Waals surface area contributed by atoms with Gasteiger partial charge in [-0.3, -0.25) is 0 Å². The summed E-state index contributed by atoms with van der Waals surface area (Å²) in [7, 11) is -0.131. The van der Waals surface area contributed by atoms with E-state index in [0.717, 1.165) is 16.7 Å². The van der Waals surface area contributed by atoms with E-state index in [0.29, 0.717) is 35.3 Å². The van der Waals surface area contributed by atoms with Crippen molar-refractivity contribution in [2.45, 2.75) is 11.3 Å². The first-order chi connectivity index (χ1) is 15.4. The molecule has 6 nitrogen and oxygen atoms in total. The molecule has 164 valence electrons. The van der Waals surface area contributed by atoms with Crippen LogP contribution in [0.15, 0.2) is 82.1 Å². The Labute approximate surface area is 187 Å². The number of aromatic nitrogens is 1. The van der Waals surface area contributed by atoms with Crippen LogP contribution in [-0.2, 0) is 16.3 Å². The summed E-state index contributed by atoms with van der Waals surface area (Å²) in [5.74, 6) is 2.32. The number of sulfone groups is 1. The molecule has 0 unspecified atom stereocenters. The fourth-order valence-electron chi connectivity index (χ4n) is 3.44. The standard InChI is InChI=1S/C25H23NO5S/c1-29-21-14-11-19(16-22(21)30-2)25-24(18-9-12-20(13-10-18)32(3,27)28)26-23(31-25)15-17-7-5-4-6-8-17/h4-14,16H,15H2,1-3H3. The zero-order valence-electron chi connectivity index (χ0n) is 18.0. The first-order valence-corrected chi connectivity index (χ1v) is 11.8. The summed E-state index contributed by atoms with van der Waals surface area (Å²) in [6.45, 7) is 0. The molecule has 0 aliphatic carbocycles. The van der Waals surface area contributed by atoms with E-state index in [2.05, 4.69) is 0 Å². The van der Waals surface area contributed by atoms with Crippen molar-refractivity contribution < 1.29 is 22.3 Å². The Morgan fingerprint density at radius 1 is 0.844 bits per heavy atom. The average Bonchev–Trinajstić information content (AvgIpc) is 3.22. The van der Waals surface area contributed by atoms with Crippen LogP contribution in [0.5, 0.6) is 11.5 Å². The lowest BCUT2D eigenvalue weighted by Gasteiger charge is -2.09. The third kappa shape index (κ3) is 4.53. The van der Waals surface area contributed by atoms with E-state index in [4.69, 9.17) is 18.9 Å². The molecular weight excluding hydrogens is 426 g/mol. The summed E-state index contributed by atoms with van der Waals surface area (Å²) in [6.07, 6.45) is 1.72. The monoisotopic (exact) mass is 449 g/mol. The average molecular weight is 450 g/mol. The molecular formula is C25H23NO5S. The Hall–Kier alpha value is -3.58.